The summed E-state index contributed by atoms with van der Waals surface area (Å²) in [7, 11) is 3.13. The SMILES string of the molecule is CCOc1c(OC)cc(/C=C2\C(=O)Nc3cc(Cl)ccc32)cc1OC. The number of methoxy groups -OCH3 is 2. The van der Waals surface area contributed by atoms with Crippen molar-refractivity contribution in [3.8, 4) is 17.2 Å². The van der Waals surface area contributed by atoms with Crippen LogP contribution in [0.15, 0.2) is 30.3 Å². The molecule has 0 atom stereocenters. The molecule has 0 spiro atoms. The largest absolute Gasteiger partial charge is 0.493 e. The van der Waals surface area contributed by atoms with E-state index in [1.54, 1.807) is 32.4 Å². The van der Waals surface area contributed by atoms with E-state index in [1.165, 1.54) is 0 Å². The molecular formula is C19H18ClNO4. The molecule has 1 aliphatic rings. The molecule has 5 nitrogen and oxygen atoms in total. The Kier molecular flexibility index (Phi) is 4.86. The minimum absolute atomic E-state index is 0.177. The maximum Gasteiger partial charge on any atom is 0.256 e. The summed E-state index contributed by atoms with van der Waals surface area (Å²) >= 11 is 5.99. The van der Waals surface area contributed by atoms with Crippen molar-refractivity contribution in [3.05, 3.63) is 46.5 Å². The number of anilines is 1. The third kappa shape index (κ3) is 3.28. The molecule has 3 rings (SSSR count). The van der Waals surface area contributed by atoms with E-state index in [-0.39, 0.29) is 5.91 Å². The third-order valence-electron chi connectivity index (χ3n) is 3.85. The van der Waals surface area contributed by atoms with Crippen LogP contribution in [-0.4, -0.2) is 26.7 Å². The molecule has 0 saturated carbocycles. The molecule has 0 saturated heterocycles. The Balaban J connectivity index is 2.09. The Labute approximate surface area is 151 Å². The molecule has 0 aromatic heterocycles. The first kappa shape index (κ1) is 17.2. The zero-order chi connectivity index (χ0) is 18.0. The van der Waals surface area contributed by atoms with Gasteiger partial charge in [0, 0.05) is 16.2 Å². The second-order valence-corrected chi connectivity index (χ2v) is 5.83. The van der Waals surface area contributed by atoms with Crippen molar-refractivity contribution in [2.45, 2.75) is 6.92 Å². The summed E-state index contributed by atoms with van der Waals surface area (Å²) in [5.74, 6) is 1.45. The maximum absolute atomic E-state index is 12.3. The molecule has 0 fully saturated rings. The minimum atomic E-state index is -0.177. The highest BCUT2D eigenvalue weighted by atomic mass is 35.5. The highest BCUT2D eigenvalue weighted by Gasteiger charge is 2.24. The van der Waals surface area contributed by atoms with Crippen LogP contribution in [-0.2, 0) is 4.79 Å². The fourth-order valence-corrected chi connectivity index (χ4v) is 2.92. The van der Waals surface area contributed by atoms with E-state index in [2.05, 4.69) is 5.32 Å². The van der Waals surface area contributed by atoms with Crippen LogP contribution < -0.4 is 19.5 Å². The van der Waals surface area contributed by atoms with Crippen LogP contribution >= 0.6 is 11.6 Å². The molecule has 0 unspecified atom stereocenters. The van der Waals surface area contributed by atoms with Crippen LogP contribution in [0.4, 0.5) is 5.69 Å². The number of halogens is 1. The number of rotatable bonds is 5. The molecule has 0 aliphatic carbocycles. The number of benzene rings is 2. The van der Waals surface area contributed by atoms with Crippen LogP contribution in [0.3, 0.4) is 0 Å². The first-order valence-electron chi connectivity index (χ1n) is 7.79. The van der Waals surface area contributed by atoms with Gasteiger partial charge in [0.15, 0.2) is 11.5 Å². The van der Waals surface area contributed by atoms with Crippen molar-refractivity contribution in [2.24, 2.45) is 0 Å². The number of carbonyl (C=O) groups is 1. The topological polar surface area (TPSA) is 56.8 Å². The predicted octanol–water partition coefficient (Wildman–Crippen LogP) is 4.25. The van der Waals surface area contributed by atoms with Crippen LogP contribution in [0.1, 0.15) is 18.1 Å². The van der Waals surface area contributed by atoms with E-state index in [1.807, 2.05) is 25.1 Å². The van der Waals surface area contributed by atoms with Crippen molar-refractivity contribution in [3.63, 3.8) is 0 Å². The Morgan fingerprint density at radius 3 is 2.40 bits per heavy atom. The lowest BCUT2D eigenvalue weighted by Crippen LogP contribution is -2.03. The van der Waals surface area contributed by atoms with Gasteiger partial charge < -0.3 is 19.5 Å². The van der Waals surface area contributed by atoms with Gasteiger partial charge >= 0.3 is 0 Å². The Morgan fingerprint density at radius 1 is 1.12 bits per heavy atom. The highest BCUT2D eigenvalue weighted by Crippen LogP contribution is 2.41. The van der Waals surface area contributed by atoms with Gasteiger partial charge in [0.05, 0.1) is 26.5 Å². The standard InChI is InChI=1S/C19H18ClNO4/c1-4-25-18-16(23-2)8-11(9-17(18)24-3)7-14-13-6-5-12(20)10-15(13)21-19(14)22/h5-10H,4H2,1-3H3,(H,21,22)/b14-7-. The smallest absolute Gasteiger partial charge is 0.256 e. The monoisotopic (exact) mass is 359 g/mol. The van der Waals surface area contributed by atoms with Crippen molar-refractivity contribution in [1.82, 2.24) is 0 Å². The van der Waals surface area contributed by atoms with Gasteiger partial charge in [-0.1, -0.05) is 17.7 Å². The second kappa shape index (κ2) is 7.07. The first-order chi connectivity index (χ1) is 12.1. The molecule has 2 aromatic rings. The summed E-state index contributed by atoms with van der Waals surface area (Å²) < 4.78 is 16.4. The molecule has 1 heterocycles. The molecule has 6 heteroatoms. The average molecular weight is 360 g/mol. The van der Waals surface area contributed by atoms with E-state index >= 15 is 0 Å². The van der Waals surface area contributed by atoms with Gasteiger partial charge in [0.2, 0.25) is 5.75 Å². The molecule has 0 bridgehead atoms. The lowest BCUT2D eigenvalue weighted by atomic mass is 10.0. The zero-order valence-corrected chi connectivity index (χ0v) is 14.9. The van der Waals surface area contributed by atoms with Gasteiger partial charge in [-0.3, -0.25) is 4.79 Å². The van der Waals surface area contributed by atoms with Crippen molar-refractivity contribution in [2.75, 3.05) is 26.1 Å². The number of hydrogen-bond acceptors (Lipinski definition) is 4. The number of nitrogens with one attached hydrogen (secondary N) is 1. The Morgan fingerprint density at radius 2 is 1.80 bits per heavy atom. The fraction of sp³-hybridized carbons (Fsp3) is 0.211. The number of fused-ring (bicyclic) bond motifs is 1. The summed E-state index contributed by atoms with van der Waals surface area (Å²) in [6.45, 7) is 2.38. The Hall–Kier alpha value is -2.66. The van der Waals surface area contributed by atoms with E-state index in [0.717, 1.165) is 11.1 Å². The van der Waals surface area contributed by atoms with E-state index < -0.39 is 0 Å². The number of carbonyl (C=O) groups excluding carboxylic acids is 1. The van der Waals surface area contributed by atoms with Crippen molar-refractivity contribution >= 4 is 34.8 Å². The zero-order valence-electron chi connectivity index (χ0n) is 14.2. The van der Waals surface area contributed by atoms with E-state index in [4.69, 9.17) is 25.8 Å². The molecule has 0 radical (unpaired) electrons. The van der Waals surface area contributed by atoms with Gasteiger partial charge in [-0.15, -0.1) is 0 Å². The second-order valence-electron chi connectivity index (χ2n) is 5.39. The van der Waals surface area contributed by atoms with E-state index in [0.29, 0.717) is 40.1 Å². The fourth-order valence-electron chi connectivity index (χ4n) is 2.75. The first-order valence-corrected chi connectivity index (χ1v) is 8.17. The van der Waals surface area contributed by atoms with Crippen LogP contribution in [0.25, 0.3) is 11.6 Å². The van der Waals surface area contributed by atoms with Gasteiger partial charge in [-0.05, 0) is 42.8 Å². The van der Waals surface area contributed by atoms with Crippen molar-refractivity contribution < 1.29 is 19.0 Å². The summed E-state index contributed by atoms with van der Waals surface area (Å²) in [4.78, 5) is 12.3. The predicted molar refractivity (Wildman–Crippen MR) is 98.7 cm³/mol. The van der Waals surface area contributed by atoms with Gasteiger partial charge in [-0.2, -0.15) is 0 Å². The highest BCUT2D eigenvalue weighted by molar-refractivity contribution is 6.36. The molecule has 1 aliphatic heterocycles. The van der Waals surface area contributed by atoms with Crippen LogP contribution in [0, 0.1) is 0 Å². The van der Waals surface area contributed by atoms with Gasteiger partial charge in [0.1, 0.15) is 0 Å². The number of hydrogen-bond donors (Lipinski definition) is 1. The summed E-state index contributed by atoms with van der Waals surface area (Å²) in [6, 6.07) is 8.93. The maximum atomic E-state index is 12.3. The summed E-state index contributed by atoms with van der Waals surface area (Å²) in [6.07, 6.45) is 1.79. The van der Waals surface area contributed by atoms with Gasteiger partial charge in [-0.25, -0.2) is 0 Å². The normalized spacial score (nSPS) is 14.2. The molecular weight excluding hydrogens is 342 g/mol. The minimum Gasteiger partial charge on any atom is -0.493 e. The molecule has 130 valence electrons. The van der Waals surface area contributed by atoms with Crippen molar-refractivity contribution in [1.29, 1.82) is 0 Å². The molecule has 25 heavy (non-hydrogen) atoms. The quantitative estimate of drug-likeness (QED) is 0.811. The Bertz CT molecular complexity index is 835. The molecule has 1 N–H and O–H groups in total. The average Bonchev–Trinajstić information content (AvgIpc) is 2.90. The third-order valence-corrected chi connectivity index (χ3v) is 4.08. The molecule has 1 amide bonds. The van der Waals surface area contributed by atoms with Gasteiger partial charge in [0.25, 0.3) is 5.91 Å². The summed E-state index contributed by atoms with van der Waals surface area (Å²) in [5, 5.41) is 3.39. The number of amides is 1. The van der Waals surface area contributed by atoms with Crippen LogP contribution in [0.2, 0.25) is 5.02 Å². The van der Waals surface area contributed by atoms with Crippen LogP contribution in [0.5, 0.6) is 17.2 Å². The van der Waals surface area contributed by atoms with E-state index in [9.17, 15) is 4.79 Å². The lowest BCUT2D eigenvalue weighted by molar-refractivity contribution is -0.110. The summed E-state index contributed by atoms with van der Waals surface area (Å²) in [5.41, 5.74) is 2.83. The number of ether oxygens (including phenoxy) is 3. The lowest BCUT2D eigenvalue weighted by Gasteiger charge is -2.14. The molecule has 2 aromatic carbocycles.